The summed E-state index contributed by atoms with van der Waals surface area (Å²) in [6.07, 6.45) is 4.60. The smallest absolute Gasteiger partial charge is 0.123 e. The maximum atomic E-state index is 6.46. The summed E-state index contributed by atoms with van der Waals surface area (Å²) in [5.74, 6) is 1.71. The summed E-state index contributed by atoms with van der Waals surface area (Å²) < 4.78 is 6.46. The van der Waals surface area contributed by atoms with E-state index in [9.17, 15) is 0 Å². The van der Waals surface area contributed by atoms with E-state index in [1.165, 1.54) is 11.1 Å². The van der Waals surface area contributed by atoms with Crippen LogP contribution in [-0.4, -0.2) is 36.7 Å². The zero-order chi connectivity index (χ0) is 14.9. The molecule has 3 nitrogen and oxygen atoms in total. The molecule has 0 unspecified atom stereocenters. The lowest BCUT2D eigenvalue weighted by Crippen LogP contribution is -2.50. The van der Waals surface area contributed by atoms with Crippen LogP contribution in [0.1, 0.15) is 50.2 Å². The van der Waals surface area contributed by atoms with Crippen molar-refractivity contribution >= 4 is 0 Å². The van der Waals surface area contributed by atoms with E-state index in [4.69, 9.17) is 10.5 Å². The highest BCUT2D eigenvalue weighted by Crippen LogP contribution is 2.40. The van der Waals surface area contributed by atoms with Gasteiger partial charge in [0, 0.05) is 26.2 Å². The SMILES string of the molecule is CC(C)c1ccc2c(c1)CCC1(CCN(CCN)CC1)O2. The molecule has 0 atom stereocenters. The van der Waals surface area contributed by atoms with Crippen molar-refractivity contribution in [2.24, 2.45) is 5.73 Å². The number of benzene rings is 1. The lowest BCUT2D eigenvalue weighted by molar-refractivity contribution is -0.0137. The minimum atomic E-state index is 0.0808. The Bertz CT molecular complexity index is 490. The van der Waals surface area contributed by atoms with Crippen molar-refractivity contribution in [3.63, 3.8) is 0 Å². The number of nitrogens with two attached hydrogens (primary N) is 1. The third-order valence-electron chi connectivity index (χ3n) is 5.14. The Hall–Kier alpha value is -1.06. The van der Waals surface area contributed by atoms with Crippen LogP contribution in [0.25, 0.3) is 0 Å². The minimum Gasteiger partial charge on any atom is -0.487 e. The van der Waals surface area contributed by atoms with E-state index in [-0.39, 0.29) is 5.60 Å². The Labute approximate surface area is 128 Å². The van der Waals surface area contributed by atoms with Crippen LogP contribution in [-0.2, 0) is 6.42 Å². The molecule has 0 amide bonds. The number of ether oxygens (including phenoxy) is 1. The van der Waals surface area contributed by atoms with Crippen molar-refractivity contribution < 1.29 is 4.74 Å². The second-order valence-corrected chi connectivity index (χ2v) is 6.94. The van der Waals surface area contributed by atoms with Crippen molar-refractivity contribution in [1.82, 2.24) is 4.90 Å². The predicted octanol–water partition coefficient (Wildman–Crippen LogP) is 2.93. The first kappa shape index (κ1) is 14.9. The van der Waals surface area contributed by atoms with Gasteiger partial charge in [-0.3, -0.25) is 0 Å². The summed E-state index contributed by atoms with van der Waals surface area (Å²) in [6.45, 7) is 8.52. The summed E-state index contributed by atoms with van der Waals surface area (Å²) >= 11 is 0. The first-order valence-electron chi connectivity index (χ1n) is 8.36. The Morgan fingerprint density at radius 2 is 2.00 bits per heavy atom. The van der Waals surface area contributed by atoms with Crippen molar-refractivity contribution in [3.8, 4) is 5.75 Å². The molecule has 0 aliphatic carbocycles. The number of rotatable bonds is 3. The summed E-state index contributed by atoms with van der Waals surface area (Å²) in [7, 11) is 0. The predicted molar refractivity (Wildman–Crippen MR) is 86.9 cm³/mol. The summed E-state index contributed by atoms with van der Waals surface area (Å²) in [4.78, 5) is 2.46. The third kappa shape index (κ3) is 3.09. The van der Waals surface area contributed by atoms with Gasteiger partial charge in [-0.15, -0.1) is 0 Å². The fourth-order valence-electron chi connectivity index (χ4n) is 3.62. The molecule has 116 valence electrons. The zero-order valence-electron chi connectivity index (χ0n) is 13.4. The van der Waals surface area contributed by atoms with Crippen LogP contribution in [0, 0.1) is 0 Å². The van der Waals surface area contributed by atoms with Gasteiger partial charge in [0.25, 0.3) is 0 Å². The molecule has 21 heavy (non-hydrogen) atoms. The fourth-order valence-corrected chi connectivity index (χ4v) is 3.62. The second kappa shape index (κ2) is 5.98. The van der Waals surface area contributed by atoms with E-state index >= 15 is 0 Å². The molecule has 2 N–H and O–H groups in total. The van der Waals surface area contributed by atoms with Gasteiger partial charge >= 0.3 is 0 Å². The van der Waals surface area contributed by atoms with Crippen molar-refractivity contribution in [2.45, 2.75) is 51.0 Å². The number of piperidine rings is 1. The molecule has 1 fully saturated rings. The highest BCUT2D eigenvalue weighted by atomic mass is 16.5. The zero-order valence-corrected chi connectivity index (χ0v) is 13.4. The molecular weight excluding hydrogens is 260 g/mol. The van der Waals surface area contributed by atoms with Gasteiger partial charge in [-0.25, -0.2) is 0 Å². The number of fused-ring (bicyclic) bond motifs is 1. The maximum Gasteiger partial charge on any atom is 0.123 e. The maximum absolute atomic E-state index is 6.46. The van der Waals surface area contributed by atoms with Crippen LogP contribution < -0.4 is 10.5 Å². The highest BCUT2D eigenvalue weighted by Gasteiger charge is 2.39. The van der Waals surface area contributed by atoms with Crippen LogP contribution in [0.4, 0.5) is 0 Å². The number of hydrogen-bond acceptors (Lipinski definition) is 3. The molecule has 2 aliphatic heterocycles. The van der Waals surface area contributed by atoms with Crippen molar-refractivity contribution in [1.29, 1.82) is 0 Å². The van der Waals surface area contributed by atoms with Gasteiger partial charge in [-0.2, -0.15) is 0 Å². The van der Waals surface area contributed by atoms with E-state index in [0.717, 1.165) is 57.6 Å². The average molecular weight is 288 g/mol. The van der Waals surface area contributed by atoms with Gasteiger partial charge in [0.15, 0.2) is 0 Å². The molecular formula is C18H28N2O. The summed E-state index contributed by atoms with van der Waals surface area (Å²) in [5, 5.41) is 0. The lowest BCUT2D eigenvalue weighted by Gasteiger charge is -2.44. The Balaban J connectivity index is 1.70. The van der Waals surface area contributed by atoms with Crippen LogP contribution in [0.2, 0.25) is 0 Å². The normalized spacial score (nSPS) is 21.3. The average Bonchev–Trinajstić information content (AvgIpc) is 2.49. The van der Waals surface area contributed by atoms with E-state index in [1.54, 1.807) is 0 Å². The molecule has 0 saturated carbocycles. The van der Waals surface area contributed by atoms with E-state index in [2.05, 4.69) is 36.9 Å². The fraction of sp³-hybridized carbons (Fsp3) is 0.667. The monoisotopic (exact) mass is 288 g/mol. The molecule has 0 bridgehead atoms. The molecule has 1 aromatic carbocycles. The van der Waals surface area contributed by atoms with Crippen molar-refractivity contribution in [2.75, 3.05) is 26.2 Å². The Kier molecular flexibility index (Phi) is 4.23. The minimum absolute atomic E-state index is 0.0808. The summed E-state index contributed by atoms with van der Waals surface area (Å²) in [6, 6.07) is 6.76. The quantitative estimate of drug-likeness (QED) is 0.929. The van der Waals surface area contributed by atoms with Gasteiger partial charge in [0.2, 0.25) is 0 Å². The topological polar surface area (TPSA) is 38.5 Å². The molecule has 2 aliphatic rings. The standard InChI is InChI=1S/C18H28N2O/c1-14(2)15-3-4-17-16(13-15)5-6-18(21-17)7-10-20(11-8-18)12-9-19/h3-4,13-14H,5-12,19H2,1-2H3. The molecule has 3 heteroatoms. The second-order valence-electron chi connectivity index (χ2n) is 6.94. The number of hydrogen-bond donors (Lipinski definition) is 1. The van der Waals surface area contributed by atoms with Gasteiger partial charge in [-0.1, -0.05) is 26.0 Å². The molecule has 0 radical (unpaired) electrons. The van der Waals surface area contributed by atoms with Crippen LogP contribution in [0.3, 0.4) is 0 Å². The molecule has 1 aromatic rings. The molecule has 1 spiro atoms. The van der Waals surface area contributed by atoms with Gasteiger partial charge in [-0.05, 0) is 48.8 Å². The third-order valence-corrected chi connectivity index (χ3v) is 5.14. The van der Waals surface area contributed by atoms with Crippen LogP contribution >= 0.6 is 0 Å². The van der Waals surface area contributed by atoms with E-state index in [0.29, 0.717) is 5.92 Å². The summed E-state index contributed by atoms with van der Waals surface area (Å²) in [5.41, 5.74) is 8.56. The molecule has 0 aromatic heterocycles. The lowest BCUT2D eigenvalue weighted by atomic mass is 9.82. The first-order chi connectivity index (χ1) is 10.1. The Morgan fingerprint density at radius 3 is 2.67 bits per heavy atom. The van der Waals surface area contributed by atoms with Crippen LogP contribution in [0.5, 0.6) is 5.75 Å². The number of likely N-dealkylation sites (tertiary alicyclic amines) is 1. The Morgan fingerprint density at radius 1 is 1.24 bits per heavy atom. The van der Waals surface area contributed by atoms with Gasteiger partial charge < -0.3 is 15.4 Å². The van der Waals surface area contributed by atoms with Crippen molar-refractivity contribution in [3.05, 3.63) is 29.3 Å². The molecule has 3 rings (SSSR count). The number of aryl methyl sites for hydroxylation is 1. The largest absolute Gasteiger partial charge is 0.487 e. The van der Waals surface area contributed by atoms with E-state index in [1.807, 2.05) is 0 Å². The molecule has 2 heterocycles. The van der Waals surface area contributed by atoms with Gasteiger partial charge in [0.1, 0.15) is 11.4 Å². The highest BCUT2D eigenvalue weighted by molar-refractivity contribution is 5.40. The molecule has 1 saturated heterocycles. The first-order valence-corrected chi connectivity index (χ1v) is 8.36. The van der Waals surface area contributed by atoms with E-state index < -0.39 is 0 Å². The van der Waals surface area contributed by atoms with Gasteiger partial charge in [0.05, 0.1) is 0 Å². The number of nitrogens with zero attached hydrogens (tertiary/aromatic N) is 1. The van der Waals surface area contributed by atoms with Crippen LogP contribution in [0.15, 0.2) is 18.2 Å².